The Morgan fingerprint density at radius 3 is 2.38 bits per heavy atom. The van der Waals surface area contributed by atoms with Crippen LogP contribution in [0.1, 0.15) is 23.2 Å². The fourth-order valence-electron chi connectivity index (χ4n) is 2.37. The Hall–Kier alpha value is -3.19. The number of para-hydroxylation sites is 1. The van der Waals surface area contributed by atoms with Crippen LogP contribution in [-0.2, 0) is 11.4 Å². The van der Waals surface area contributed by atoms with E-state index in [-0.39, 0.29) is 24.2 Å². The second kappa shape index (κ2) is 10.4. The molecule has 29 heavy (non-hydrogen) atoms. The second-order valence-corrected chi connectivity index (χ2v) is 7.43. The number of ether oxygens (including phenoxy) is 1. The van der Waals surface area contributed by atoms with Gasteiger partial charge >= 0.3 is 5.91 Å². The fourth-order valence-corrected chi connectivity index (χ4v) is 3.31. The van der Waals surface area contributed by atoms with Crippen molar-refractivity contribution in [2.24, 2.45) is 5.92 Å². The number of furan rings is 1. The van der Waals surface area contributed by atoms with E-state index in [9.17, 15) is 9.59 Å². The van der Waals surface area contributed by atoms with Gasteiger partial charge in [-0.15, -0.1) is 11.8 Å². The van der Waals surface area contributed by atoms with E-state index in [1.54, 1.807) is 23.9 Å². The lowest BCUT2D eigenvalue weighted by Crippen LogP contribution is -2.44. The predicted molar refractivity (Wildman–Crippen MR) is 111 cm³/mol. The molecule has 0 saturated carbocycles. The van der Waals surface area contributed by atoms with Crippen LogP contribution in [0.3, 0.4) is 0 Å². The van der Waals surface area contributed by atoms with Crippen molar-refractivity contribution in [1.29, 1.82) is 0 Å². The highest BCUT2D eigenvalue weighted by Gasteiger charge is 2.16. The van der Waals surface area contributed by atoms with Gasteiger partial charge in [0, 0.05) is 16.6 Å². The lowest BCUT2D eigenvalue weighted by molar-refractivity contribution is -0.124. The summed E-state index contributed by atoms with van der Waals surface area (Å²) in [6.45, 7) is 2.01. The fraction of sp³-hybridized carbons (Fsp3) is 0.182. The van der Waals surface area contributed by atoms with E-state index >= 15 is 0 Å². The molecule has 2 amide bonds. The van der Waals surface area contributed by atoms with E-state index in [4.69, 9.17) is 9.15 Å². The molecular formula is C22H22N2O4S. The third-order valence-corrected chi connectivity index (χ3v) is 5.27. The third-order valence-electron chi connectivity index (χ3n) is 4.00. The molecule has 1 heterocycles. The molecule has 3 rings (SSSR count). The summed E-state index contributed by atoms with van der Waals surface area (Å²) in [5.74, 6) is 0.874. The number of rotatable bonds is 8. The molecule has 2 N–H and O–H groups in total. The number of hydrogen-bond donors (Lipinski definition) is 2. The number of amides is 2. The van der Waals surface area contributed by atoms with Gasteiger partial charge in [0.15, 0.2) is 5.76 Å². The first-order chi connectivity index (χ1) is 14.1. The highest BCUT2D eigenvalue weighted by atomic mass is 32.2. The van der Waals surface area contributed by atoms with Crippen LogP contribution < -0.4 is 15.6 Å². The molecule has 0 radical (unpaired) electrons. The van der Waals surface area contributed by atoms with E-state index in [1.807, 2.05) is 67.6 Å². The molecule has 1 unspecified atom stereocenters. The molecule has 0 aliphatic carbocycles. The molecule has 0 bridgehead atoms. The molecule has 7 heteroatoms. The summed E-state index contributed by atoms with van der Waals surface area (Å²) in [6.07, 6.45) is 0. The van der Waals surface area contributed by atoms with Gasteiger partial charge < -0.3 is 9.15 Å². The monoisotopic (exact) mass is 410 g/mol. The average Bonchev–Trinajstić information content (AvgIpc) is 3.25. The van der Waals surface area contributed by atoms with Crippen molar-refractivity contribution in [1.82, 2.24) is 10.9 Å². The maximum atomic E-state index is 12.2. The zero-order chi connectivity index (χ0) is 20.5. The highest BCUT2D eigenvalue weighted by Crippen LogP contribution is 2.20. The predicted octanol–water partition coefficient (Wildman–Crippen LogP) is 4.05. The summed E-state index contributed by atoms with van der Waals surface area (Å²) in [7, 11) is 0. The molecule has 1 aromatic heterocycles. The molecule has 150 valence electrons. The summed E-state index contributed by atoms with van der Waals surface area (Å²) in [4.78, 5) is 25.4. The number of benzene rings is 2. The van der Waals surface area contributed by atoms with Gasteiger partial charge in [-0.25, -0.2) is 0 Å². The summed E-state index contributed by atoms with van der Waals surface area (Å²) in [5, 5.41) is 0. The van der Waals surface area contributed by atoms with Gasteiger partial charge in [0.05, 0.1) is 0 Å². The maximum Gasteiger partial charge on any atom is 0.305 e. The van der Waals surface area contributed by atoms with Gasteiger partial charge in [0.25, 0.3) is 0 Å². The first-order valence-corrected chi connectivity index (χ1v) is 10.1. The van der Waals surface area contributed by atoms with E-state index in [1.165, 1.54) is 0 Å². The smallest absolute Gasteiger partial charge is 0.305 e. The maximum absolute atomic E-state index is 12.2. The molecule has 3 aromatic rings. The summed E-state index contributed by atoms with van der Waals surface area (Å²) in [5.41, 5.74) is 4.82. The van der Waals surface area contributed by atoms with Crippen molar-refractivity contribution in [3.63, 3.8) is 0 Å². The van der Waals surface area contributed by atoms with Gasteiger partial charge in [-0.1, -0.05) is 43.3 Å². The molecule has 6 nitrogen and oxygen atoms in total. The summed E-state index contributed by atoms with van der Waals surface area (Å²) >= 11 is 1.59. The second-order valence-electron chi connectivity index (χ2n) is 6.34. The Morgan fingerprint density at radius 2 is 1.66 bits per heavy atom. The number of carbonyl (C=O) groups is 2. The van der Waals surface area contributed by atoms with Gasteiger partial charge in [-0.05, 0) is 36.4 Å². The number of hydrogen-bond acceptors (Lipinski definition) is 5. The van der Waals surface area contributed by atoms with Gasteiger partial charge in [0.2, 0.25) is 5.91 Å². The summed E-state index contributed by atoms with van der Waals surface area (Å²) in [6, 6.07) is 22.4. The van der Waals surface area contributed by atoms with Gasteiger partial charge in [0.1, 0.15) is 18.1 Å². The molecular weight excluding hydrogens is 388 g/mol. The Kier molecular flexibility index (Phi) is 7.35. The van der Waals surface area contributed by atoms with Crippen LogP contribution in [0.4, 0.5) is 0 Å². The lowest BCUT2D eigenvalue weighted by atomic mass is 10.2. The van der Waals surface area contributed by atoms with E-state index in [2.05, 4.69) is 10.9 Å². The van der Waals surface area contributed by atoms with Crippen LogP contribution in [0.2, 0.25) is 0 Å². The number of thioether (sulfide) groups is 1. The zero-order valence-corrected chi connectivity index (χ0v) is 16.8. The molecule has 1 atom stereocenters. The molecule has 0 fully saturated rings. The number of carbonyl (C=O) groups excluding carboxylic acids is 2. The minimum Gasteiger partial charge on any atom is -0.486 e. The average molecular weight is 410 g/mol. The van der Waals surface area contributed by atoms with Crippen LogP contribution in [0.15, 0.2) is 82.1 Å². The van der Waals surface area contributed by atoms with E-state index < -0.39 is 5.91 Å². The molecule has 0 saturated heterocycles. The standard InChI is InChI=1S/C22H22N2O4S/c1-16(15-29-19-10-6-3-7-11-19)21(25)23-24-22(26)20-13-12-18(28-20)14-27-17-8-4-2-5-9-17/h2-13,16H,14-15H2,1H3,(H,23,25)(H,24,26). The first-order valence-electron chi connectivity index (χ1n) is 9.16. The molecule has 0 aliphatic heterocycles. The van der Waals surface area contributed by atoms with Crippen molar-refractivity contribution in [2.75, 3.05) is 5.75 Å². The first kappa shape index (κ1) is 20.5. The largest absolute Gasteiger partial charge is 0.486 e. The number of nitrogens with one attached hydrogen (secondary N) is 2. The Balaban J connectivity index is 1.41. The minimum atomic E-state index is -0.521. The van der Waals surface area contributed by atoms with Crippen molar-refractivity contribution in [3.8, 4) is 5.75 Å². The third kappa shape index (κ3) is 6.43. The van der Waals surface area contributed by atoms with Crippen LogP contribution >= 0.6 is 11.8 Å². The highest BCUT2D eigenvalue weighted by molar-refractivity contribution is 7.99. The Morgan fingerprint density at radius 1 is 0.966 bits per heavy atom. The molecule has 2 aromatic carbocycles. The quantitative estimate of drug-likeness (QED) is 0.433. The molecule has 0 spiro atoms. The van der Waals surface area contributed by atoms with E-state index in [0.717, 1.165) is 4.90 Å². The van der Waals surface area contributed by atoms with Gasteiger partial charge in [-0.2, -0.15) is 0 Å². The van der Waals surface area contributed by atoms with Crippen LogP contribution in [0.5, 0.6) is 5.75 Å². The van der Waals surface area contributed by atoms with Crippen molar-refractivity contribution >= 4 is 23.6 Å². The van der Waals surface area contributed by atoms with E-state index in [0.29, 0.717) is 17.3 Å². The molecule has 0 aliphatic rings. The zero-order valence-electron chi connectivity index (χ0n) is 16.0. The Labute approximate surface area is 173 Å². The van der Waals surface area contributed by atoms with Gasteiger partial charge in [-0.3, -0.25) is 20.4 Å². The van der Waals surface area contributed by atoms with Crippen molar-refractivity contribution in [2.45, 2.75) is 18.4 Å². The lowest BCUT2D eigenvalue weighted by Gasteiger charge is -2.12. The van der Waals surface area contributed by atoms with Crippen LogP contribution in [0, 0.1) is 5.92 Å². The number of hydrazine groups is 1. The SMILES string of the molecule is CC(CSc1ccccc1)C(=O)NNC(=O)c1ccc(COc2ccccc2)o1. The summed E-state index contributed by atoms with van der Waals surface area (Å²) < 4.78 is 11.1. The topological polar surface area (TPSA) is 80.6 Å². The van der Waals surface area contributed by atoms with Crippen LogP contribution in [0.25, 0.3) is 0 Å². The Bertz CT molecular complexity index is 928. The van der Waals surface area contributed by atoms with Crippen molar-refractivity contribution in [3.05, 3.63) is 84.3 Å². The van der Waals surface area contributed by atoms with Crippen molar-refractivity contribution < 1.29 is 18.7 Å². The van der Waals surface area contributed by atoms with Crippen LogP contribution in [-0.4, -0.2) is 17.6 Å². The normalized spacial score (nSPS) is 11.5. The minimum absolute atomic E-state index is 0.100.